The summed E-state index contributed by atoms with van der Waals surface area (Å²) in [6.07, 6.45) is 4.67. The van der Waals surface area contributed by atoms with Crippen LogP contribution in [0.2, 0.25) is 0 Å². The Bertz CT molecular complexity index is 1340. The maximum absolute atomic E-state index is 14.1. The van der Waals surface area contributed by atoms with Crippen molar-refractivity contribution in [3.8, 4) is 11.8 Å². The van der Waals surface area contributed by atoms with E-state index in [4.69, 9.17) is 16.4 Å². The van der Waals surface area contributed by atoms with Crippen molar-refractivity contribution in [2.45, 2.75) is 13.0 Å². The van der Waals surface area contributed by atoms with Crippen LogP contribution in [0.25, 0.3) is 5.69 Å². The van der Waals surface area contributed by atoms with Crippen molar-refractivity contribution in [1.29, 1.82) is 10.7 Å². The highest BCUT2D eigenvalue weighted by Gasteiger charge is 2.19. The number of rotatable bonds is 6. The molecule has 0 fully saturated rings. The van der Waals surface area contributed by atoms with Crippen LogP contribution in [-0.4, -0.2) is 25.5 Å². The molecule has 4 aromatic rings. The van der Waals surface area contributed by atoms with E-state index >= 15 is 0 Å². The second-order valence-electron chi connectivity index (χ2n) is 7.09. The summed E-state index contributed by atoms with van der Waals surface area (Å²) >= 11 is 0. The van der Waals surface area contributed by atoms with Gasteiger partial charge < -0.3 is 11.1 Å². The molecule has 1 atom stereocenters. The summed E-state index contributed by atoms with van der Waals surface area (Å²) in [4.78, 5) is 8.30. The SMILES string of the molecule is CC(Nc1ncnc(N)c1C(=N)c1cccc(C#N)c1)c1cnn(-c2ccccc2F)c1. The van der Waals surface area contributed by atoms with E-state index in [0.717, 1.165) is 5.56 Å². The lowest BCUT2D eigenvalue weighted by atomic mass is 10.0. The van der Waals surface area contributed by atoms with Crippen LogP contribution in [0.15, 0.2) is 67.3 Å². The zero-order valence-corrected chi connectivity index (χ0v) is 17.1. The molecule has 2 heterocycles. The van der Waals surface area contributed by atoms with Crippen molar-refractivity contribution in [2.24, 2.45) is 0 Å². The van der Waals surface area contributed by atoms with E-state index in [2.05, 4.69) is 26.5 Å². The van der Waals surface area contributed by atoms with E-state index in [9.17, 15) is 4.39 Å². The summed E-state index contributed by atoms with van der Waals surface area (Å²) in [5.74, 6) is 0.141. The quantitative estimate of drug-likeness (QED) is 0.402. The molecule has 0 spiro atoms. The van der Waals surface area contributed by atoms with Crippen LogP contribution in [0, 0.1) is 22.6 Å². The van der Waals surface area contributed by atoms with Crippen molar-refractivity contribution < 1.29 is 4.39 Å². The zero-order chi connectivity index (χ0) is 22.7. The number of nitrogens with one attached hydrogen (secondary N) is 2. The largest absolute Gasteiger partial charge is 0.383 e. The first-order valence-electron chi connectivity index (χ1n) is 9.74. The normalized spacial score (nSPS) is 11.5. The van der Waals surface area contributed by atoms with Gasteiger partial charge in [-0.3, -0.25) is 5.41 Å². The summed E-state index contributed by atoms with van der Waals surface area (Å²) in [5, 5.41) is 25.3. The smallest absolute Gasteiger partial charge is 0.148 e. The van der Waals surface area contributed by atoms with Crippen LogP contribution in [0.5, 0.6) is 0 Å². The molecule has 9 heteroatoms. The highest BCUT2D eigenvalue weighted by atomic mass is 19.1. The number of nitrogens with zero attached hydrogens (tertiary/aromatic N) is 5. The molecule has 0 bridgehead atoms. The van der Waals surface area contributed by atoms with Crippen LogP contribution >= 0.6 is 0 Å². The predicted octanol–water partition coefficient (Wildman–Crippen LogP) is 3.84. The van der Waals surface area contributed by atoms with Crippen molar-refractivity contribution in [1.82, 2.24) is 19.7 Å². The molecule has 2 aromatic heterocycles. The first-order valence-corrected chi connectivity index (χ1v) is 9.74. The maximum atomic E-state index is 14.1. The fourth-order valence-electron chi connectivity index (χ4n) is 3.26. The van der Waals surface area contributed by atoms with Gasteiger partial charge in [-0.25, -0.2) is 19.0 Å². The minimum Gasteiger partial charge on any atom is -0.383 e. The number of nitrogen functional groups attached to an aromatic ring is 1. The zero-order valence-electron chi connectivity index (χ0n) is 17.1. The van der Waals surface area contributed by atoms with Gasteiger partial charge in [-0.1, -0.05) is 24.3 Å². The number of aromatic nitrogens is 4. The van der Waals surface area contributed by atoms with Crippen LogP contribution in [0.1, 0.15) is 35.2 Å². The van der Waals surface area contributed by atoms with E-state index in [-0.39, 0.29) is 23.4 Å². The Morgan fingerprint density at radius 2 is 2.03 bits per heavy atom. The van der Waals surface area contributed by atoms with Gasteiger partial charge in [0.1, 0.15) is 29.5 Å². The molecule has 0 radical (unpaired) electrons. The highest BCUT2D eigenvalue weighted by molar-refractivity contribution is 6.16. The first-order chi connectivity index (χ1) is 15.5. The van der Waals surface area contributed by atoms with Gasteiger partial charge in [0.15, 0.2) is 0 Å². The Labute approximate surface area is 183 Å². The molecule has 0 aliphatic carbocycles. The molecule has 0 saturated heterocycles. The number of halogens is 1. The van der Waals surface area contributed by atoms with E-state index < -0.39 is 0 Å². The molecule has 4 rings (SSSR count). The van der Waals surface area contributed by atoms with E-state index in [0.29, 0.717) is 28.2 Å². The Morgan fingerprint density at radius 1 is 1.22 bits per heavy atom. The third kappa shape index (κ3) is 4.02. The molecule has 4 N–H and O–H groups in total. The van der Waals surface area contributed by atoms with Crippen molar-refractivity contribution in [3.05, 3.63) is 95.3 Å². The van der Waals surface area contributed by atoms with Gasteiger partial charge in [-0.15, -0.1) is 0 Å². The van der Waals surface area contributed by atoms with Gasteiger partial charge in [-0.05, 0) is 31.2 Å². The van der Waals surface area contributed by atoms with Gasteiger partial charge in [0.05, 0.1) is 35.1 Å². The average molecular weight is 426 g/mol. The topological polar surface area (TPSA) is 129 Å². The summed E-state index contributed by atoms with van der Waals surface area (Å²) in [6, 6.07) is 14.9. The van der Waals surface area contributed by atoms with Crippen LogP contribution in [0.3, 0.4) is 0 Å². The Morgan fingerprint density at radius 3 is 2.81 bits per heavy atom. The number of benzene rings is 2. The molecule has 8 nitrogen and oxygen atoms in total. The Hall–Kier alpha value is -4.58. The number of nitrogens with two attached hydrogens (primary N) is 1. The molecule has 32 heavy (non-hydrogen) atoms. The molecule has 158 valence electrons. The molecule has 0 aliphatic heterocycles. The number of anilines is 2. The highest BCUT2D eigenvalue weighted by Crippen LogP contribution is 2.26. The van der Waals surface area contributed by atoms with E-state index in [1.54, 1.807) is 54.9 Å². The lowest BCUT2D eigenvalue weighted by Gasteiger charge is -2.17. The van der Waals surface area contributed by atoms with E-state index in [1.165, 1.54) is 17.1 Å². The molecule has 0 aliphatic rings. The van der Waals surface area contributed by atoms with Crippen molar-refractivity contribution in [3.63, 3.8) is 0 Å². The number of nitriles is 1. The predicted molar refractivity (Wildman–Crippen MR) is 119 cm³/mol. The lowest BCUT2D eigenvalue weighted by molar-refractivity contribution is 0.611. The summed E-state index contributed by atoms with van der Waals surface area (Å²) in [6.45, 7) is 1.89. The molecule has 1 unspecified atom stereocenters. The second-order valence-corrected chi connectivity index (χ2v) is 7.09. The molecule has 0 amide bonds. The Balaban J connectivity index is 1.63. The molecular formula is C23H19FN8. The standard InChI is InChI=1S/C23H19FN8/c1-14(17-11-30-32(12-17)19-8-3-2-7-18(19)24)31-23-20(22(27)28-13-29-23)21(26)16-6-4-5-15(9-16)10-25/h2-9,11-14,26H,1H3,(H3,27,28,29,31). The minimum atomic E-state index is -0.373. The fourth-order valence-corrected chi connectivity index (χ4v) is 3.26. The number of hydrogen-bond acceptors (Lipinski definition) is 7. The third-order valence-electron chi connectivity index (χ3n) is 4.96. The third-order valence-corrected chi connectivity index (χ3v) is 4.96. The van der Waals surface area contributed by atoms with Crippen LogP contribution in [-0.2, 0) is 0 Å². The van der Waals surface area contributed by atoms with E-state index in [1.807, 2.05) is 6.92 Å². The van der Waals surface area contributed by atoms with Gasteiger partial charge >= 0.3 is 0 Å². The Kier molecular flexibility index (Phi) is 5.59. The maximum Gasteiger partial charge on any atom is 0.148 e. The molecular weight excluding hydrogens is 407 g/mol. The minimum absolute atomic E-state index is 0.0944. The summed E-state index contributed by atoms with van der Waals surface area (Å²) in [5.41, 5.74) is 8.60. The van der Waals surface area contributed by atoms with Crippen molar-refractivity contribution >= 4 is 17.3 Å². The molecule has 0 saturated carbocycles. The first kappa shape index (κ1) is 20.7. The van der Waals surface area contributed by atoms with Gasteiger partial charge in [0.2, 0.25) is 0 Å². The van der Waals surface area contributed by atoms with Crippen LogP contribution in [0.4, 0.5) is 16.0 Å². The van der Waals surface area contributed by atoms with Crippen molar-refractivity contribution in [2.75, 3.05) is 11.1 Å². The van der Waals surface area contributed by atoms with Crippen LogP contribution < -0.4 is 11.1 Å². The fraction of sp³-hybridized carbons (Fsp3) is 0.0870. The van der Waals surface area contributed by atoms with Gasteiger partial charge in [0.25, 0.3) is 0 Å². The van der Waals surface area contributed by atoms with Gasteiger partial charge in [-0.2, -0.15) is 10.4 Å². The average Bonchev–Trinajstić information content (AvgIpc) is 3.29. The number of hydrogen-bond donors (Lipinski definition) is 3. The lowest BCUT2D eigenvalue weighted by Crippen LogP contribution is -2.16. The second kappa shape index (κ2) is 8.65. The monoisotopic (exact) mass is 426 g/mol. The van der Waals surface area contributed by atoms with Gasteiger partial charge in [0, 0.05) is 17.3 Å². The summed E-state index contributed by atoms with van der Waals surface area (Å²) in [7, 11) is 0. The number of para-hydroxylation sites is 1. The summed E-state index contributed by atoms with van der Waals surface area (Å²) < 4.78 is 15.5. The molecule has 2 aromatic carbocycles.